The number of fused-ring (bicyclic) bond motifs is 3. The van der Waals surface area contributed by atoms with Crippen LogP contribution in [-0.2, 0) is 13.0 Å². The predicted molar refractivity (Wildman–Crippen MR) is 85.5 cm³/mol. The van der Waals surface area contributed by atoms with Crippen LogP contribution in [0.2, 0.25) is 0 Å². The van der Waals surface area contributed by atoms with Crippen LogP contribution in [0.4, 0.5) is 0 Å². The highest BCUT2D eigenvalue weighted by Crippen LogP contribution is 2.24. The van der Waals surface area contributed by atoms with Gasteiger partial charge in [-0.3, -0.25) is 9.36 Å². The maximum atomic E-state index is 12.7. The number of furan rings is 1. The number of benzene rings is 1. The topological polar surface area (TPSA) is 74.1 Å². The molecule has 0 amide bonds. The van der Waals surface area contributed by atoms with E-state index in [1.165, 1.54) is 4.57 Å². The Bertz CT molecular complexity index is 1070. The molecule has 0 aliphatic rings. The highest BCUT2D eigenvalue weighted by atomic mass is 16.5. The number of para-hydroxylation sites is 1. The monoisotopic (exact) mass is 309 g/mol. The fourth-order valence-electron chi connectivity index (χ4n) is 2.82. The zero-order valence-corrected chi connectivity index (χ0v) is 12.9. The lowest BCUT2D eigenvalue weighted by Crippen LogP contribution is -2.21. The van der Waals surface area contributed by atoms with Crippen LogP contribution in [0.5, 0.6) is 0 Å². The van der Waals surface area contributed by atoms with E-state index >= 15 is 0 Å². The number of aryl methyl sites for hydroxylation is 2. The Labute approximate surface area is 131 Å². The summed E-state index contributed by atoms with van der Waals surface area (Å²) in [5.41, 5.74) is 3.13. The molecule has 0 unspecified atom stereocenters. The van der Waals surface area contributed by atoms with Crippen molar-refractivity contribution in [3.63, 3.8) is 0 Å². The molecule has 0 spiro atoms. The summed E-state index contributed by atoms with van der Waals surface area (Å²) < 4.78 is 12.5. The first-order chi connectivity index (χ1) is 11.2. The van der Waals surface area contributed by atoms with Crippen LogP contribution >= 0.6 is 0 Å². The van der Waals surface area contributed by atoms with E-state index in [0.717, 1.165) is 28.8 Å². The van der Waals surface area contributed by atoms with Gasteiger partial charge in [-0.05, 0) is 25.5 Å². The standard InChI is InChI=1S/C17H15N3O3/c1-3-13-12(10(2)23-19-13)8-20-9-18-15-11-6-4-5-7-14(11)22-16(15)17(20)21/h4-7,9H,3,8H2,1-2H3. The molecule has 0 atom stereocenters. The zero-order chi connectivity index (χ0) is 16.0. The maximum Gasteiger partial charge on any atom is 0.297 e. The van der Waals surface area contributed by atoms with E-state index in [2.05, 4.69) is 10.1 Å². The average Bonchev–Trinajstić information content (AvgIpc) is 3.11. The van der Waals surface area contributed by atoms with Gasteiger partial charge >= 0.3 is 0 Å². The second kappa shape index (κ2) is 5.08. The minimum absolute atomic E-state index is 0.200. The van der Waals surface area contributed by atoms with E-state index in [-0.39, 0.29) is 11.1 Å². The Hall–Kier alpha value is -2.89. The highest BCUT2D eigenvalue weighted by Gasteiger charge is 2.16. The van der Waals surface area contributed by atoms with Crippen LogP contribution in [0.3, 0.4) is 0 Å². The van der Waals surface area contributed by atoms with Gasteiger partial charge in [0.25, 0.3) is 5.56 Å². The smallest absolute Gasteiger partial charge is 0.297 e. The quantitative estimate of drug-likeness (QED) is 0.581. The molecular formula is C17H15N3O3. The molecule has 0 aliphatic heterocycles. The second-order valence-corrected chi connectivity index (χ2v) is 5.47. The Balaban J connectivity index is 1.88. The van der Waals surface area contributed by atoms with Gasteiger partial charge in [0.2, 0.25) is 5.58 Å². The molecular weight excluding hydrogens is 294 g/mol. The first kappa shape index (κ1) is 13.8. The fraction of sp³-hybridized carbons (Fsp3) is 0.235. The zero-order valence-electron chi connectivity index (χ0n) is 12.9. The molecule has 116 valence electrons. The molecule has 4 aromatic rings. The molecule has 3 heterocycles. The van der Waals surface area contributed by atoms with E-state index in [1.807, 2.05) is 38.1 Å². The normalized spacial score (nSPS) is 11.6. The average molecular weight is 309 g/mol. The van der Waals surface area contributed by atoms with Crippen LogP contribution < -0.4 is 5.56 Å². The largest absolute Gasteiger partial charge is 0.448 e. The van der Waals surface area contributed by atoms with Gasteiger partial charge < -0.3 is 8.94 Å². The number of rotatable bonds is 3. The molecule has 0 saturated carbocycles. The molecule has 6 heteroatoms. The minimum Gasteiger partial charge on any atom is -0.448 e. The van der Waals surface area contributed by atoms with E-state index in [4.69, 9.17) is 8.94 Å². The molecule has 0 saturated heterocycles. The molecule has 0 bridgehead atoms. The summed E-state index contributed by atoms with van der Waals surface area (Å²) in [6, 6.07) is 7.51. The van der Waals surface area contributed by atoms with Gasteiger partial charge in [0.1, 0.15) is 16.9 Å². The third kappa shape index (κ3) is 2.06. The molecule has 1 aromatic carbocycles. The third-order valence-electron chi connectivity index (χ3n) is 4.08. The molecule has 0 N–H and O–H groups in total. The Kier molecular flexibility index (Phi) is 3.04. The summed E-state index contributed by atoms with van der Waals surface area (Å²) in [6.45, 7) is 4.22. The van der Waals surface area contributed by atoms with Crippen LogP contribution in [0, 0.1) is 6.92 Å². The summed E-state index contributed by atoms with van der Waals surface area (Å²) in [4.78, 5) is 17.1. The highest BCUT2D eigenvalue weighted by molar-refractivity contribution is 6.01. The van der Waals surface area contributed by atoms with Gasteiger partial charge in [-0.1, -0.05) is 24.2 Å². The Morgan fingerprint density at radius 1 is 1.26 bits per heavy atom. The lowest BCUT2D eigenvalue weighted by atomic mass is 10.1. The molecule has 0 aliphatic carbocycles. The molecule has 23 heavy (non-hydrogen) atoms. The van der Waals surface area contributed by atoms with E-state index in [1.54, 1.807) is 6.33 Å². The van der Waals surface area contributed by atoms with E-state index < -0.39 is 0 Å². The Morgan fingerprint density at radius 2 is 2.09 bits per heavy atom. The summed E-state index contributed by atoms with van der Waals surface area (Å²) in [5, 5.41) is 4.87. The lowest BCUT2D eigenvalue weighted by Gasteiger charge is -2.04. The summed E-state index contributed by atoms with van der Waals surface area (Å²) in [5.74, 6) is 0.721. The van der Waals surface area contributed by atoms with E-state index in [0.29, 0.717) is 17.6 Å². The van der Waals surface area contributed by atoms with Crippen molar-refractivity contribution in [1.29, 1.82) is 0 Å². The van der Waals surface area contributed by atoms with Gasteiger partial charge in [0, 0.05) is 10.9 Å². The van der Waals surface area contributed by atoms with Crippen LogP contribution in [0.1, 0.15) is 23.9 Å². The van der Waals surface area contributed by atoms with Crippen molar-refractivity contribution in [2.75, 3.05) is 0 Å². The van der Waals surface area contributed by atoms with Gasteiger partial charge in [-0.2, -0.15) is 0 Å². The van der Waals surface area contributed by atoms with Gasteiger partial charge in [-0.25, -0.2) is 4.98 Å². The molecule has 4 rings (SSSR count). The van der Waals surface area contributed by atoms with Crippen molar-refractivity contribution in [3.05, 3.63) is 58.0 Å². The minimum atomic E-state index is -0.200. The van der Waals surface area contributed by atoms with E-state index in [9.17, 15) is 4.79 Å². The third-order valence-corrected chi connectivity index (χ3v) is 4.08. The van der Waals surface area contributed by atoms with Crippen LogP contribution in [-0.4, -0.2) is 14.7 Å². The summed E-state index contributed by atoms with van der Waals surface area (Å²) in [6.07, 6.45) is 2.31. The first-order valence-electron chi connectivity index (χ1n) is 7.49. The van der Waals surface area contributed by atoms with Crippen molar-refractivity contribution in [2.45, 2.75) is 26.8 Å². The number of hydrogen-bond donors (Lipinski definition) is 0. The van der Waals surface area contributed by atoms with Crippen LogP contribution in [0.15, 0.2) is 44.3 Å². The van der Waals surface area contributed by atoms with Gasteiger partial charge in [0.05, 0.1) is 18.6 Å². The number of hydrogen-bond acceptors (Lipinski definition) is 5. The molecule has 0 fully saturated rings. The molecule has 3 aromatic heterocycles. The van der Waals surface area contributed by atoms with Crippen molar-refractivity contribution in [2.24, 2.45) is 0 Å². The van der Waals surface area contributed by atoms with Crippen molar-refractivity contribution in [3.8, 4) is 0 Å². The second-order valence-electron chi connectivity index (χ2n) is 5.47. The molecule has 0 radical (unpaired) electrons. The van der Waals surface area contributed by atoms with Crippen LogP contribution in [0.25, 0.3) is 22.1 Å². The van der Waals surface area contributed by atoms with Gasteiger partial charge in [0.15, 0.2) is 0 Å². The lowest BCUT2D eigenvalue weighted by molar-refractivity contribution is 0.390. The fourth-order valence-corrected chi connectivity index (χ4v) is 2.82. The first-order valence-corrected chi connectivity index (χ1v) is 7.49. The maximum absolute atomic E-state index is 12.7. The van der Waals surface area contributed by atoms with Gasteiger partial charge in [-0.15, -0.1) is 0 Å². The van der Waals surface area contributed by atoms with Crippen molar-refractivity contribution < 1.29 is 8.94 Å². The predicted octanol–water partition coefficient (Wildman–Crippen LogP) is 3.05. The number of nitrogens with zero attached hydrogens (tertiary/aromatic N) is 3. The SMILES string of the molecule is CCc1noc(C)c1Cn1cnc2c(oc3ccccc32)c1=O. The number of aromatic nitrogens is 3. The summed E-state index contributed by atoms with van der Waals surface area (Å²) >= 11 is 0. The van der Waals surface area contributed by atoms with Crippen molar-refractivity contribution in [1.82, 2.24) is 14.7 Å². The molecule has 6 nitrogen and oxygen atoms in total. The van der Waals surface area contributed by atoms with Crippen molar-refractivity contribution >= 4 is 22.1 Å². The Morgan fingerprint density at radius 3 is 2.91 bits per heavy atom. The summed E-state index contributed by atoms with van der Waals surface area (Å²) in [7, 11) is 0.